The van der Waals surface area contributed by atoms with Crippen molar-refractivity contribution in [2.24, 2.45) is 0 Å². The Morgan fingerprint density at radius 1 is 1.47 bits per heavy atom. The van der Waals surface area contributed by atoms with Gasteiger partial charge in [-0.25, -0.2) is 0 Å². The molecule has 7 nitrogen and oxygen atoms in total. The number of nitro groups is 1. The average molecular weight is 240 g/mol. The first-order valence-corrected chi connectivity index (χ1v) is 4.85. The third-order valence-corrected chi connectivity index (χ3v) is 2.21. The fraction of sp³-hybridized carbons (Fsp3) is 0.300. The second-order valence-corrected chi connectivity index (χ2v) is 3.34. The lowest BCUT2D eigenvalue weighted by molar-refractivity contribution is -0.385. The number of aliphatic hydroxyl groups is 1. The molecular weight excluding hydrogens is 228 g/mol. The average Bonchev–Trinajstić information content (AvgIpc) is 2.29. The van der Waals surface area contributed by atoms with Crippen molar-refractivity contribution in [2.75, 3.05) is 6.61 Å². The molecule has 3 N–H and O–H groups in total. The van der Waals surface area contributed by atoms with Crippen LogP contribution < -0.4 is 5.32 Å². The Morgan fingerprint density at radius 3 is 2.65 bits per heavy atom. The lowest BCUT2D eigenvalue weighted by Crippen LogP contribution is -2.39. The van der Waals surface area contributed by atoms with Crippen LogP contribution in [0.3, 0.4) is 0 Å². The van der Waals surface area contributed by atoms with Crippen molar-refractivity contribution in [2.45, 2.75) is 12.6 Å². The molecular formula is C10H12N2O5. The first kappa shape index (κ1) is 13.1. The minimum atomic E-state index is -1.20. The molecule has 0 spiro atoms. The van der Waals surface area contributed by atoms with Crippen LogP contribution in [-0.2, 0) is 11.3 Å². The van der Waals surface area contributed by atoms with Crippen molar-refractivity contribution in [3.05, 3.63) is 39.9 Å². The van der Waals surface area contributed by atoms with Gasteiger partial charge < -0.3 is 10.2 Å². The summed E-state index contributed by atoms with van der Waals surface area (Å²) in [7, 11) is 0. The maximum Gasteiger partial charge on any atom is 0.323 e. The van der Waals surface area contributed by atoms with Crippen LogP contribution in [0.2, 0.25) is 0 Å². The van der Waals surface area contributed by atoms with E-state index in [1.165, 1.54) is 18.2 Å². The quantitative estimate of drug-likeness (QED) is 0.481. The van der Waals surface area contributed by atoms with Crippen LogP contribution in [0.4, 0.5) is 5.69 Å². The zero-order valence-electron chi connectivity index (χ0n) is 8.87. The van der Waals surface area contributed by atoms with E-state index in [1.54, 1.807) is 6.07 Å². The molecule has 0 aliphatic heterocycles. The fourth-order valence-electron chi connectivity index (χ4n) is 1.30. The molecule has 0 heterocycles. The van der Waals surface area contributed by atoms with E-state index >= 15 is 0 Å². The van der Waals surface area contributed by atoms with Crippen LogP contribution >= 0.6 is 0 Å². The van der Waals surface area contributed by atoms with Crippen LogP contribution in [0.5, 0.6) is 0 Å². The van der Waals surface area contributed by atoms with Crippen LogP contribution in [0.1, 0.15) is 5.56 Å². The molecule has 92 valence electrons. The van der Waals surface area contributed by atoms with Crippen molar-refractivity contribution in [1.82, 2.24) is 5.32 Å². The first-order chi connectivity index (χ1) is 8.06. The molecule has 0 fully saturated rings. The standard InChI is InChI=1S/C10H12N2O5/c13-6-8(10(14)15)11-5-7-3-1-2-4-9(7)12(16)17/h1-4,8,11,13H,5-6H2,(H,14,15)/t8-/m0/s1. The molecule has 0 aliphatic rings. The number of aliphatic hydroxyl groups excluding tert-OH is 1. The Hall–Kier alpha value is -1.99. The Labute approximate surface area is 96.8 Å². The lowest BCUT2D eigenvalue weighted by atomic mass is 10.1. The lowest BCUT2D eigenvalue weighted by Gasteiger charge is -2.11. The van der Waals surface area contributed by atoms with Gasteiger partial charge in [0.15, 0.2) is 0 Å². The van der Waals surface area contributed by atoms with Gasteiger partial charge in [0.25, 0.3) is 5.69 Å². The molecule has 17 heavy (non-hydrogen) atoms. The zero-order valence-corrected chi connectivity index (χ0v) is 8.87. The van der Waals surface area contributed by atoms with Crippen LogP contribution in [0.15, 0.2) is 24.3 Å². The molecule has 0 saturated carbocycles. The van der Waals surface area contributed by atoms with Gasteiger partial charge in [-0.1, -0.05) is 18.2 Å². The summed E-state index contributed by atoms with van der Waals surface area (Å²) in [6.45, 7) is -0.565. The normalized spacial score (nSPS) is 12.1. The second-order valence-electron chi connectivity index (χ2n) is 3.34. The number of carboxylic acids is 1. The third-order valence-electron chi connectivity index (χ3n) is 2.21. The summed E-state index contributed by atoms with van der Waals surface area (Å²) in [4.78, 5) is 20.8. The van der Waals surface area contributed by atoms with Crippen molar-refractivity contribution in [3.8, 4) is 0 Å². The first-order valence-electron chi connectivity index (χ1n) is 4.85. The van der Waals surface area contributed by atoms with E-state index in [9.17, 15) is 14.9 Å². The summed E-state index contributed by atoms with van der Waals surface area (Å²) in [5, 5.41) is 30.7. The molecule has 0 amide bonds. The summed E-state index contributed by atoms with van der Waals surface area (Å²) in [5.41, 5.74) is 0.291. The molecule has 0 aromatic heterocycles. The molecule has 0 unspecified atom stereocenters. The summed E-state index contributed by atoms with van der Waals surface area (Å²) >= 11 is 0. The number of hydrogen-bond donors (Lipinski definition) is 3. The predicted octanol–water partition coefficient (Wildman–Crippen LogP) is 0.130. The van der Waals surface area contributed by atoms with Crippen molar-refractivity contribution >= 4 is 11.7 Å². The SMILES string of the molecule is O=C(O)[C@H](CO)NCc1ccccc1[N+](=O)[O-]. The largest absolute Gasteiger partial charge is 0.480 e. The Balaban J connectivity index is 2.75. The van der Waals surface area contributed by atoms with Gasteiger partial charge in [-0.2, -0.15) is 0 Å². The summed E-state index contributed by atoms with van der Waals surface area (Å²) in [6.07, 6.45) is 0. The van der Waals surface area contributed by atoms with Gasteiger partial charge in [0.05, 0.1) is 11.5 Å². The number of para-hydroxylation sites is 1. The van der Waals surface area contributed by atoms with E-state index < -0.39 is 23.5 Å². The number of benzene rings is 1. The predicted molar refractivity (Wildman–Crippen MR) is 58.4 cm³/mol. The minimum Gasteiger partial charge on any atom is -0.480 e. The third kappa shape index (κ3) is 3.51. The molecule has 1 aromatic rings. The van der Waals surface area contributed by atoms with Gasteiger partial charge in [0, 0.05) is 18.2 Å². The number of nitrogens with zero attached hydrogens (tertiary/aromatic N) is 1. The van der Waals surface area contributed by atoms with Crippen molar-refractivity contribution < 1.29 is 19.9 Å². The van der Waals surface area contributed by atoms with Crippen LogP contribution in [0, 0.1) is 10.1 Å². The molecule has 0 aliphatic carbocycles. The highest BCUT2D eigenvalue weighted by Crippen LogP contribution is 2.17. The molecule has 0 saturated heterocycles. The van der Waals surface area contributed by atoms with Crippen molar-refractivity contribution in [3.63, 3.8) is 0 Å². The number of carbonyl (C=O) groups is 1. The number of aliphatic carboxylic acids is 1. The van der Waals surface area contributed by atoms with E-state index in [-0.39, 0.29) is 12.2 Å². The van der Waals surface area contributed by atoms with E-state index in [2.05, 4.69) is 5.32 Å². The smallest absolute Gasteiger partial charge is 0.323 e. The minimum absolute atomic E-state index is 0.00861. The van der Waals surface area contributed by atoms with Gasteiger partial charge in [-0.15, -0.1) is 0 Å². The Kier molecular flexibility index (Phi) is 4.56. The van der Waals surface area contributed by atoms with Gasteiger partial charge in [0.2, 0.25) is 0 Å². The molecule has 0 bridgehead atoms. The Bertz CT molecular complexity index is 421. The van der Waals surface area contributed by atoms with Crippen LogP contribution in [-0.4, -0.2) is 33.8 Å². The van der Waals surface area contributed by atoms with E-state index in [0.717, 1.165) is 0 Å². The molecule has 1 aromatic carbocycles. The monoisotopic (exact) mass is 240 g/mol. The summed E-state index contributed by atoms with van der Waals surface area (Å²) in [5.74, 6) is -1.20. The number of rotatable bonds is 6. The topological polar surface area (TPSA) is 113 Å². The van der Waals surface area contributed by atoms with E-state index in [4.69, 9.17) is 10.2 Å². The number of hydrogen-bond acceptors (Lipinski definition) is 5. The van der Waals surface area contributed by atoms with E-state index in [0.29, 0.717) is 5.56 Å². The highest BCUT2D eigenvalue weighted by atomic mass is 16.6. The highest BCUT2D eigenvalue weighted by Gasteiger charge is 2.18. The molecule has 1 rings (SSSR count). The van der Waals surface area contributed by atoms with Gasteiger partial charge in [0.1, 0.15) is 6.04 Å². The Morgan fingerprint density at radius 2 is 2.12 bits per heavy atom. The summed E-state index contributed by atoms with van der Waals surface area (Å²) in [6, 6.07) is 4.89. The van der Waals surface area contributed by atoms with Crippen LogP contribution in [0.25, 0.3) is 0 Å². The maximum absolute atomic E-state index is 10.7. The molecule has 0 radical (unpaired) electrons. The summed E-state index contributed by atoms with van der Waals surface area (Å²) < 4.78 is 0. The number of carboxylic acid groups (broad SMARTS) is 1. The van der Waals surface area contributed by atoms with Gasteiger partial charge >= 0.3 is 5.97 Å². The van der Waals surface area contributed by atoms with Gasteiger partial charge in [-0.05, 0) is 0 Å². The van der Waals surface area contributed by atoms with Gasteiger partial charge in [-0.3, -0.25) is 20.2 Å². The van der Waals surface area contributed by atoms with E-state index in [1.807, 2.05) is 0 Å². The number of nitro benzene ring substituents is 1. The fourth-order valence-corrected chi connectivity index (χ4v) is 1.30. The van der Waals surface area contributed by atoms with Crippen molar-refractivity contribution in [1.29, 1.82) is 0 Å². The highest BCUT2D eigenvalue weighted by molar-refractivity contribution is 5.73. The zero-order chi connectivity index (χ0) is 12.8. The maximum atomic E-state index is 10.7. The molecule has 7 heteroatoms. The molecule has 1 atom stereocenters. The number of nitrogens with one attached hydrogen (secondary N) is 1. The second kappa shape index (κ2) is 5.92.